The fourth-order valence-electron chi connectivity index (χ4n) is 4.20. The lowest BCUT2D eigenvalue weighted by Gasteiger charge is -2.28. The minimum Gasteiger partial charge on any atom is -0.378 e. The zero-order chi connectivity index (χ0) is 20.8. The van der Waals surface area contributed by atoms with Gasteiger partial charge in [-0.15, -0.1) is 11.3 Å². The maximum absolute atomic E-state index is 13.2. The lowest BCUT2D eigenvalue weighted by molar-refractivity contribution is 0.0792. The Kier molecular flexibility index (Phi) is 7.36. The summed E-state index contributed by atoms with van der Waals surface area (Å²) in [5.74, 6) is 0.107. The van der Waals surface area contributed by atoms with Crippen LogP contribution in [0.5, 0.6) is 0 Å². The van der Waals surface area contributed by atoms with Crippen LogP contribution in [0.25, 0.3) is 11.3 Å². The minimum atomic E-state index is 0.107. The van der Waals surface area contributed by atoms with Crippen molar-refractivity contribution in [3.8, 4) is 11.3 Å². The largest absolute Gasteiger partial charge is 0.378 e. The number of carbonyl (C=O) groups excluding carboxylic acids is 1. The topological polar surface area (TPSA) is 48.9 Å². The molecule has 0 radical (unpaired) electrons. The van der Waals surface area contributed by atoms with E-state index in [1.807, 2.05) is 42.4 Å². The van der Waals surface area contributed by atoms with Crippen molar-refractivity contribution in [1.82, 2.24) is 14.8 Å². The second kappa shape index (κ2) is 10.4. The number of piperidine rings is 1. The van der Waals surface area contributed by atoms with Crippen LogP contribution in [0.2, 0.25) is 0 Å². The Bertz CT molecular complexity index is 814. The van der Waals surface area contributed by atoms with Gasteiger partial charge in [0.05, 0.1) is 23.8 Å². The number of morpholine rings is 1. The van der Waals surface area contributed by atoms with Gasteiger partial charge in [-0.2, -0.15) is 0 Å². The van der Waals surface area contributed by atoms with E-state index >= 15 is 0 Å². The predicted molar refractivity (Wildman–Crippen MR) is 122 cm³/mol. The summed E-state index contributed by atoms with van der Waals surface area (Å²) in [4.78, 5) is 25.2. The first-order chi connectivity index (χ1) is 14.7. The number of pyridine rings is 1. The van der Waals surface area contributed by atoms with E-state index in [0.717, 1.165) is 66.9 Å². The van der Waals surface area contributed by atoms with Crippen molar-refractivity contribution in [3.63, 3.8) is 0 Å². The highest BCUT2D eigenvalue weighted by Crippen LogP contribution is 2.39. The summed E-state index contributed by atoms with van der Waals surface area (Å²) < 4.78 is 5.52. The van der Waals surface area contributed by atoms with Crippen molar-refractivity contribution in [3.05, 3.63) is 35.3 Å². The summed E-state index contributed by atoms with van der Waals surface area (Å²) >= 11 is 1.59. The van der Waals surface area contributed by atoms with Crippen LogP contribution in [-0.4, -0.2) is 80.2 Å². The second-order valence-electron chi connectivity index (χ2n) is 8.13. The normalized spacial score (nSPS) is 17.8. The number of anilines is 1. The third-order valence-corrected chi connectivity index (χ3v) is 7.11. The number of thiophene rings is 1. The first kappa shape index (κ1) is 21.3. The molecule has 2 aliphatic rings. The first-order valence-electron chi connectivity index (χ1n) is 11.1. The predicted octanol–water partition coefficient (Wildman–Crippen LogP) is 3.59. The quantitative estimate of drug-likeness (QED) is 0.674. The average Bonchev–Trinajstić information content (AvgIpc) is 3.26. The zero-order valence-electron chi connectivity index (χ0n) is 17.9. The van der Waals surface area contributed by atoms with Crippen molar-refractivity contribution in [1.29, 1.82) is 0 Å². The third-order valence-electron chi connectivity index (χ3n) is 5.93. The molecule has 30 heavy (non-hydrogen) atoms. The first-order valence-corrected chi connectivity index (χ1v) is 11.9. The number of hydrogen-bond donors (Lipinski definition) is 0. The lowest BCUT2D eigenvalue weighted by atomic mass is 10.1. The SMILES string of the molecule is CN(CCCN1CCCCC1)C(=O)c1cc(-c2ccccn2)c(N2CCOCC2)s1. The van der Waals surface area contributed by atoms with Gasteiger partial charge >= 0.3 is 0 Å². The summed E-state index contributed by atoms with van der Waals surface area (Å²) in [5.41, 5.74) is 1.97. The Morgan fingerprint density at radius 1 is 1.17 bits per heavy atom. The monoisotopic (exact) mass is 428 g/mol. The molecule has 4 rings (SSSR count). The van der Waals surface area contributed by atoms with E-state index in [1.54, 1.807) is 11.3 Å². The van der Waals surface area contributed by atoms with E-state index in [0.29, 0.717) is 0 Å². The molecule has 1 amide bonds. The fraction of sp³-hybridized carbons (Fsp3) is 0.565. The summed E-state index contributed by atoms with van der Waals surface area (Å²) in [6, 6.07) is 7.97. The highest BCUT2D eigenvalue weighted by atomic mass is 32.1. The summed E-state index contributed by atoms with van der Waals surface area (Å²) in [5, 5.41) is 1.13. The van der Waals surface area contributed by atoms with E-state index in [-0.39, 0.29) is 5.91 Å². The van der Waals surface area contributed by atoms with Gasteiger partial charge in [0.2, 0.25) is 0 Å². The molecule has 7 heteroatoms. The van der Waals surface area contributed by atoms with Crippen LogP contribution in [0.3, 0.4) is 0 Å². The highest BCUT2D eigenvalue weighted by Gasteiger charge is 2.24. The molecule has 0 unspecified atom stereocenters. The number of hydrogen-bond acceptors (Lipinski definition) is 6. The van der Waals surface area contributed by atoms with Crippen LogP contribution in [0.15, 0.2) is 30.5 Å². The van der Waals surface area contributed by atoms with Crippen LogP contribution < -0.4 is 4.90 Å². The van der Waals surface area contributed by atoms with Gasteiger partial charge in [0.25, 0.3) is 5.91 Å². The molecule has 2 saturated heterocycles. The molecule has 0 aliphatic carbocycles. The minimum absolute atomic E-state index is 0.107. The van der Waals surface area contributed by atoms with Gasteiger partial charge in [-0.3, -0.25) is 9.78 Å². The molecule has 0 atom stereocenters. The Morgan fingerprint density at radius 2 is 1.97 bits per heavy atom. The van der Waals surface area contributed by atoms with Crippen LogP contribution in [-0.2, 0) is 4.74 Å². The number of carbonyl (C=O) groups is 1. The number of ether oxygens (including phenoxy) is 1. The molecule has 0 spiro atoms. The summed E-state index contributed by atoms with van der Waals surface area (Å²) in [7, 11) is 1.92. The van der Waals surface area contributed by atoms with Crippen molar-refractivity contribution in [2.75, 3.05) is 64.4 Å². The van der Waals surface area contributed by atoms with Crippen molar-refractivity contribution >= 4 is 22.2 Å². The van der Waals surface area contributed by atoms with Gasteiger partial charge < -0.3 is 19.4 Å². The molecule has 4 heterocycles. The standard InChI is InChI=1S/C23H32N4O2S/c1-25(10-7-13-26-11-5-2-6-12-26)22(28)21-18-19(20-8-3-4-9-24-20)23(30-21)27-14-16-29-17-15-27/h3-4,8-9,18H,2,5-7,10-17H2,1H3. The van der Waals surface area contributed by atoms with E-state index in [2.05, 4.69) is 14.8 Å². The number of aromatic nitrogens is 1. The van der Waals surface area contributed by atoms with Crippen molar-refractivity contribution in [2.24, 2.45) is 0 Å². The Morgan fingerprint density at radius 3 is 2.70 bits per heavy atom. The second-order valence-corrected chi connectivity index (χ2v) is 9.16. The van der Waals surface area contributed by atoms with Crippen LogP contribution in [0.4, 0.5) is 5.00 Å². The molecule has 0 bridgehead atoms. The van der Waals surface area contributed by atoms with E-state index in [9.17, 15) is 4.79 Å². The molecule has 0 saturated carbocycles. The van der Waals surface area contributed by atoms with Gasteiger partial charge in [0.1, 0.15) is 5.00 Å². The van der Waals surface area contributed by atoms with Crippen molar-refractivity contribution < 1.29 is 9.53 Å². The zero-order valence-corrected chi connectivity index (χ0v) is 18.7. The Balaban J connectivity index is 1.45. The smallest absolute Gasteiger partial charge is 0.263 e. The summed E-state index contributed by atoms with van der Waals surface area (Å²) in [6.45, 7) is 7.43. The van der Waals surface area contributed by atoms with Crippen LogP contribution >= 0.6 is 11.3 Å². The number of likely N-dealkylation sites (tertiary alicyclic amines) is 1. The van der Waals surface area contributed by atoms with Gasteiger partial charge in [-0.25, -0.2) is 0 Å². The Hall–Kier alpha value is -1.96. The molecule has 2 aromatic rings. The summed E-state index contributed by atoms with van der Waals surface area (Å²) in [6.07, 6.45) is 6.81. The molecule has 6 nitrogen and oxygen atoms in total. The molecule has 2 fully saturated rings. The molecule has 2 aromatic heterocycles. The van der Waals surface area contributed by atoms with Gasteiger partial charge in [-0.05, 0) is 57.1 Å². The molecule has 0 aromatic carbocycles. The van der Waals surface area contributed by atoms with Gasteiger partial charge in [0.15, 0.2) is 0 Å². The number of amides is 1. The molecule has 162 valence electrons. The van der Waals surface area contributed by atoms with Crippen molar-refractivity contribution in [2.45, 2.75) is 25.7 Å². The van der Waals surface area contributed by atoms with Gasteiger partial charge in [0, 0.05) is 38.4 Å². The third kappa shape index (κ3) is 5.20. The number of nitrogens with zero attached hydrogens (tertiary/aromatic N) is 4. The molecular weight excluding hydrogens is 396 g/mol. The maximum atomic E-state index is 13.2. The number of rotatable bonds is 7. The highest BCUT2D eigenvalue weighted by molar-refractivity contribution is 7.18. The molecular formula is C23H32N4O2S. The van der Waals surface area contributed by atoms with E-state index < -0.39 is 0 Å². The molecule has 2 aliphatic heterocycles. The van der Waals surface area contributed by atoms with Crippen LogP contribution in [0, 0.1) is 0 Å². The maximum Gasteiger partial charge on any atom is 0.263 e. The van der Waals surface area contributed by atoms with Gasteiger partial charge in [-0.1, -0.05) is 12.5 Å². The lowest BCUT2D eigenvalue weighted by Crippen LogP contribution is -2.36. The van der Waals surface area contributed by atoms with Crippen LogP contribution in [0.1, 0.15) is 35.4 Å². The molecule has 0 N–H and O–H groups in total. The van der Waals surface area contributed by atoms with E-state index in [4.69, 9.17) is 4.74 Å². The average molecular weight is 429 g/mol. The fourth-order valence-corrected chi connectivity index (χ4v) is 5.41. The Labute approximate surface area is 183 Å². The van der Waals surface area contributed by atoms with E-state index in [1.165, 1.54) is 32.4 Å².